The van der Waals surface area contributed by atoms with Crippen molar-refractivity contribution in [1.82, 2.24) is 0 Å². The zero-order chi connectivity index (χ0) is 10.7. The Kier molecular flexibility index (Phi) is 3.33. The molecule has 0 aromatic heterocycles. The number of rotatable bonds is 3. The second-order valence-electron chi connectivity index (χ2n) is 2.86. The van der Waals surface area contributed by atoms with Gasteiger partial charge in [-0.25, -0.2) is 17.6 Å². The molecule has 1 aromatic carbocycles. The van der Waals surface area contributed by atoms with Crippen molar-refractivity contribution in [1.29, 1.82) is 0 Å². The summed E-state index contributed by atoms with van der Waals surface area (Å²) in [7, 11) is 0. The van der Waals surface area contributed by atoms with Crippen LogP contribution in [0.2, 0.25) is 0 Å². The normalized spacial score (nSPS) is 11.6. The molecule has 0 saturated carbocycles. The van der Waals surface area contributed by atoms with Crippen molar-refractivity contribution in [3.63, 3.8) is 0 Å². The van der Waals surface area contributed by atoms with Gasteiger partial charge < -0.3 is 5.73 Å². The van der Waals surface area contributed by atoms with Crippen molar-refractivity contribution in [3.05, 3.63) is 29.8 Å². The van der Waals surface area contributed by atoms with Gasteiger partial charge in [0.15, 0.2) is 0 Å². The molecule has 0 spiro atoms. The van der Waals surface area contributed by atoms with Crippen molar-refractivity contribution in [2.75, 3.05) is 5.73 Å². The molecule has 0 aliphatic heterocycles. The van der Waals surface area contributed by atoms with Gasteiger partial charge in [0.2, 0.25) is 0 Å². The predicted octanol–water partition coefficient (Wildman–Crippen LogP) is 2.88. The number of anilines is 1. The molecule has 0 bridgehead atoms. The van der Waals surface area contributed by atoms with Crippen LogP contribution in [0.4, 0.5) is 23.2 Å². The Labute approximate surface area is 78.5 Å². The van der Waals surface area contributed by atoms with E-state index < -0.39 is 18.8 Å². The lowest BCUT2D eigenvalue weighted by Gasteiger charge is -2.15. The molecule has 2 N–H and O–H groups in total. The molecule has 0 unspecified atom stereocenters. The van der Waals surface area contributed by atoms with Gasteiger partial charge in [-0.3, -0.25) is 0 Å². The molecule has 14 heavy (non-hydrogen) atoms. The minimum atomic E-state index is -3.07. The molecule has 0 saturated heterocycles. The molecule has 0 heterocycles. The molecule has 1 rings (SSSR count). The first-order valence-electron chi connectivity index (χ1n) is 3.94. The van der Waals surface area contributed by atoms with Crippen LogP contribution < -0.4 is 5.73 Å². The van der Waals surface area contributed by atoms with Gasteiger partial charge in [0, 0.05) is 5.69 Å². The third kappa shape index (κ3) is 2.37. The minimum absolute atomic E-state index is 0.0933. The highest BCUT2D eigenvalue weighted by molar-refractivity contribution is 5.40. The highest BCUT2D eigenvalue weighted by Crippen LogP contribution is 2.29. The van der Waals surface area contributed by atoms with Crippen LogP contribution in [0.3, 0.4) is 0 Å². The van der Waals surface area contributed by atoms with E-state index >= 15 is 0 Å². The summed E-state index contributed by atoms with van der Waals surface area (Å²) in [5, 5.41) is 0. The standard InChI is InChI=1S/C9H9F4N/c10-8(11)7(9(12)13)5-1-3-6(14)4-2-5/h1-4,7-9H,14H2. The molecular weight excluding hydrogens is 198 g/mol. The number of hydrogen-bond acceptors (Lipinski definition) is 1. The molecule has 5 heteroatoms. The summed E-state index contributed by atoms with van der Waals surface area (Å²) in [5.41, 5.74) is 5.57. The van der Waals surface area contributed by atoms with Gasteiger partial charge in [-0.2, -0.15) is 0 Å². The lowest BCUT2D eigenvalue weighted by atomic mass is 10.00. The van der Waals surface area contributed by atoms with E-state index in [4.69, 9.17) is 5.73 Å². The molecule has 0 amide bonds. The Morgan fingerprint density at radius 1 is 0.857 bits per heavy atom. The van der Waals surface area contributed by atoms with Crippen molar-refractivity contribution in [3.8, 4) is 0 Å². The molecular formula is C9H9F4N. The van der Waals surface area contributed by atoms with Crippen molar-refractivity contribution >= 4 is 5.69 Å². The average Bonchev–Trinajstić information content (AvgIpc) is 2.07. The largest absolute Gasteiger partial charge is 0.399 e. The fraction of sp³-hybridized carbons (Fsp3) is 0.333. The van der Waals surface area contributed by atoms with Gasteiger partial charge in [-0.1, -0.05) is 12.1 Å². The fourth-order valence-corrected chi connectivity index (χ4v) is 1.12. The number of halogens is 4. The Bertz CT molecular complexity index is 275. The topological polar surface area (TPSA) is 26.0 Å². The highest BCUT2D eigenvalue weighted by Gasteiger charge is 2.31. The third-order valence-corrected chi connectivity index (χ3v) is 1.86. The summed E-state index contributed by atoms with van der Waals surface area (Å²) in [6, 6.07) is 5.04. The molecule has 0 aliphatic rings. The smallest absolute Gasteiger partial charge is 0.250 e. The van der Waals surface area contributed by atoms with Crippen LogP contribution >= 0.6 is 0 Å². The van der Waals surface area contributed by atoms with Crippen LogP contribution in [-0.4, -0.2) is 12.9 Å². The fourth-order valence-electron chi connectivity index (χ4n) is 1.12. The summed E-state index contributed by atoms with van der Waals surface area (Å²) in [6.45, 7) is 0. The van der Waals surface area contributed by atoms with E-state index in [0.29, 0.717) is 5.69 Å². The lowest BCUT2D eigenvalue weighted by Crippen LogP contribution is -2.17. The number of benzene rings is 1. The minimum Gasteiger partial charge on any atom is -0.399 e. The highest BCUT2D eigenvalue weighted by atomic mass is 19.3. The maximum absolute atomic E-state index is 12.2. The second kappa shape index (κ2) is 4.30. The van der Waals surface area contributed by atoms with Gasteiger partial charge in [-0.15, -0.1) is 0 Å². The van der Waals surface area contributed by atoms with E-state index in [1.54, 1.807) is 0 Å². The Morgan fingerprint density at radius 2 is 1.29 bits per heavy atom. The summed E-state index contributed by atoms with van der Waals surface area (Å²) in [5.74, 6) is -2.03. The predicted molar refractivity (Wildman–Crippen MR) is 45.6 cm³/mol. The van der Waals surface area contributed by atoms with Gasteiger partial charge in [0.05, 0.1) is 0 Å². The van der Waals surface area contributed by atoms with Crippen molar-refractivity contribution in [2.45, 2.75) is 18.8 Å². The molecule has 1 aromatic rings. The van der Waals surface area contributed by atoms with E-state index in [9.17, 15) is 17.6 Å². The zero-order valence-corrected chi connectivity index (χ0v) is 7.13. The Morgan fingerprint density at radius 3 is 1.64 bits per heavy atom. The van der Waals surface area contributed by atoms with Crippen LogP contribution in [0.15, 0.2) is 24.3 Å². The van der Waals surface area contributed by atoms with Crippen molar-refractivity contribution in [2.24, 2.45) is 0 Å². The zero-order valence-electron chi connectivity index (χ0n) is 7.13. The first kappa shape index (κ1) is 10.8. The molecule has 78 valence electrons. The molecule has 0 radical (unpaired) electrons. The van der Waals surface area contributed by atoms with E-state index in [-0.39, 0.29) is 5.56 Å². The quantitative estimate of drug-likeness (QED) is 0.598. The van der Waals surface area contributed by atoms with Gasteiger partial charge >= 0.3 is 0 Å². The number of hydrogen-bond donors (Lipinski definition) is 1. The van der Waals surface area contributed by atoms with Crippen LogP contribution in [0.5, 0.6) is 0 Å². The SMILES string of the molecule is Nc1ccc(C(C(F)F)C(F)F)cc1. The first-order valence-corrected chi connectivity index (χ1v) is 3.94. The first-order chi connectivity index (χ1) is 6.52. The summed E-state index contributed by atoms with van der Waals surface area (Å²) in [4.78, 5) is 0. The van der Waals surface area contributed by atoms with Gasteiger partial charge in [-0.05, 0) is 17.7 Å². The van der Waals surface area contributed by atoms with Crippen molar-refractivity contribution < 1.29 is 17.6 Å². The van der Waals surface area contributed by atoms with Crippen LogP contribution in [-0.2, 0) is 0 Å². The molecule has 0 fully saturated rings. The Hall–Kier alpha value is -1.26. The monoisotopic (exact) mass is 207 g/mol. The molecule has 0 aliphatic carbocycles. The van der Waals surface area contributed by atoms with Gasteiger partial charge in [0.1, 0.15) is 5.92 Å². The van der Waals surface area contributed by atoms with E-state index in [1.807, 2.05) is 0 Å². The Balaban J connectivity index is 2.94. The number of nitrogen functional groups attached to an aromatic ring is 1. The molecule has 1 nitrogen and oxygen atoms in total. The number of alkyl halides is 4. The summed E-state index contributed by atoms with van der Waals surface area (Å²) >= 11 is 0. The molecule has 0 atom stereocenters. The average molecular weight is 207 g/mol. The van der Waals surface area contributed by atoms with E-state index in [1.165, 1.54) is 24.3 Å². The van der Waals surface area contributed by atoms with Crippen LogP contribution in [0.25, 0.3) is 0 Å². The van der Waals surface area contributed by atoms with E-state index in [0.717, 1.165) is 0 Å². The summed E-state index contributed by atoms with van der Waals surface area (Å²) < 4.78 is 48.9. The van der Waals surface area contributed by atoms with E-state index in [2.05, 4.69) is 0 Å². The van der Waals surface area contributed by atoms with Crippen LogP contribution in [0.1, 0.15) is 11.5 Å². The third-order valence-electron chi connectivity index (χ3n) is 1.86. The lowest BCUT2D eigenvalue weighted by molar-refractivity contribution is 0.0147. The number of nitrogens with two attached hydrogens (primary N) is 1. The maximum Gasteiger partial charge on any atom is 0.250 e. The van der Waals surface area contributed by atoms with Crippen LogP contribution in [0, 0.1) is 0 Å². The van der Waals surface area contributed by atoms with Gasteiger partial charge in [0.25, 0.3) is 12.9 Å². The maximum atomic E-state index is 12.2. The summed E-state index contributed by atoms with van der Waals surface area (Å²) in [6.07, 6.45) is -6.14. The second-order valence-corrected chi connectivity index (χ2v) is 2.86.